The second kappa shape index (κ2) is 8.55. The van der Waals surface area contributed by atoms with Crippen LogP contribution >= 0.6 is 0 Å². The lowest BCUT2D eigenvalue weighted by Crippen LogP contribution is -2.47. The molecular formula is C21H30N6. The maximum Gasteiger partial charge on any atom is 0.227 e. The molecule has 1 saturated carbocycles. The average Bonchev–Trinajstić information content (AvgIpc) is 2.97. The van der Waals surface area contributed by atoms with E-state index in [4.69, 9.17) is 9.97 Å². The van der Waals surface area contributed by atoms with E-state index in [-0.39, 0.29) is 0 Å². The van der Waals surface area contributed by atoms with Crippen LogP contribution in [0.15, 0.2) is 30.5 Å². The van der Waals surface area contributed by atoms with Crippen LogP contribution in [0.2, 0.25) is 0 Å². The summed E-state index contributed by atoms with van der Waals surface area (Å²) in [6, 6.07) is 8.72. The van der Waals surface area contributed by atoms with E-state index in [0.717, 1.165) is 49.5 Å². The van der Waals surface area contributed by atoms with Crippen molar-refractivity contribution in [1.29, 1.82) is 0 Å². The molecule has 0 spiro atoms. The van der Waals surface area contributed by atoms with Gasteiger partial charge in [0.15, 0.2) is 0 Å². The molecule has 1 aliphatic heterocycles. The van der Waals surface area contributed by atoms with Gasteiger partial charge in [-0.2, -0.15) is 4.98 Å². The Morgan fingerprint density at radius 2 is 1.67 bits per heavy atom. The summed E-state index contributed by atoms with van der Waals surface area (Å²) in [4.78, 5) is 18.7. The van der Waals surface area contributed by atoms with Gasteiger partial charge in [0.1, 0.15) is 11.6 Å². The van der Waals surface area contributed by atoms with E-state index in [1.165, 1.54) is 38.5 Å². The number of pyridine rings is 1. The molecule has 0 atom stereocenters. The molecule has 2 fully saturated rings. The number of rotatable bonds is 4. The third-order valence-electron chi connectivity index (χ3n) is 5.59. The Labute approximate surface area is 162 Å². The quantitative estimate of drug-likeness (QED) is 0.834. The molecule has 1 saturated heterocycles. The van der Waals surface area contributed by atoms with Gasteiger partial charge >= 0.3 is 0 Å². The number of aromatic nitrogens is 3. The molecule has 1 aliphatic carbocycles. The van der Waals surface area contributed by atoms with Gasteiger partial charge in [0.25, 0.3) is 0 Å². The molecule has 27 heavy (non-hydrogen) atoms. The van der Waals surface area contributed by atoms with E-state index in [9.17, 15) is 0 Å². The Hall–Kier alpha value is -2.37. The molecule has 4 rings (SSSR count). The maximum absolute atomic E-state index is 4.85. The number of aryl methyl sites for hydroxylation is 1. The molecule has 0 amide bonds. The predicted molar refractivity (Wildman–Crippen MR) is 111 cm³/mol. The Balaban J connectivity index is 1.41. The molecule has 0 aromatic carbocycles. The van der Waals surface area contributed by atoms with Crippen LogP contribution in [0.4, 0.5) is 17.6 Å². The van der Waals surface area contributed by atoms with Crippen molar-refractivity contribution in [2.75, 3.05) is 41.3 Å². The van der Waals surface area contributed by atoms with Crippen LogP contribution < -0.4 is 15.1 Å². The summed E-state index contributed by atoms with van der Waals surface area (Å²) in [6.07, 6.45) is 9.74. The van der Waals surface area contributed by atoms with E-state index in [1.807, 2.05) is 18.3 Å². The first-order valence-corrected chi connectivity index (χ1v) is 10.3. The van der Waals surface area contributed by atoms with Crippen molar-refractivity contribution in [3.05, 3.63) is 36.2 Å². The first kappa shape index (κ1) is 18.0. The normalized spacial score (nSPS) is 19.0. The highest BCUT2D eigenvalue weighted by molar-refractivity contribution is 5.46. The Bertz CT molecular complexity index is 719. The predicted octanol–water partition coefficient (Wildman–Crippen LogP) is 3.64. The highest BCUT2D eigenvalue weighted by atomic mass is 15.3. The van der Waals surface area contributed by atoms with Crippen molar-refractivity contribution in [2.24, 2.45) is 0 Å². The summed E-state index contributed by atoms with van der Waals surface area (Å²) in [5.41, 5.74) is 1.03. The lowest BCUT2D eigenvalue weighted by Gasteiger charge is -2.35. The Morgan fingerprint density at radius 1 is 0.926 bits per heavy atom. The molecule has 6 heteroatoms. The zero-order valence-corrected chi connectivity index (χ0v) is 16.3. The van der Waals surface area contributed by atoms with Gasteiger partial charge in [0, 0.05) is 50.2 Å². The lowest BCUT2D eigenvalue weighted by atomic mass is 10.1. The van der Waals surface area contributed by atoms with Gasteiger partial charge in [-0.15, -0.1) is 0 Å². The van der Waals surface area contributed by atoms with Crippen LogP contribution in [0.5, 0.6) is 0 Å². The van der Waals surface area contributed by atoms with Crippen LogP contribution in [0.25, 0.3) is 0 Å². The molecule has 0 unspecified atom stereocenters. The van der Waals surface area contributed by atoms with Gasteiger partial charge in [-0.05, 0) is 31.9 Å². The number of nitrogens with one attached hydrogen (secondary N) is 1. The summed E-state index contributed by atoms with van der Waals surface area (Å²) < 4.78 is 0. The third-order valence-corrected chi connectivity index (χ3v) is 5.59. The summed E-state index contributed by atoms with van der Waals surface area (Å²) in [7, 11) is 0. The topological polar surface area (TPSA) is 57.2 Å². The van der Waals surface area contributed by atoms with Crippen molar-refractivity contribution >= 4 is 17.6 Å². The number of anilines is 3. The number of nitrogens with zero attached hydrogens (tertiary/aromatic N) is 5. The van der Waals surface area contributed by atoms with Gasteiger partial charge in [-0.25, -0.2) is 9.97 Å². The summed E-state index contributed by atoms with van der Waals surface area (Å²) in [6.45, 7) is 5.79. The zero-order chi connectivity index (χ0) is 18.5. The molecular weight excluding hydrogens is 336 g/mol. The molecule has 2 aliphatic rings. The molecule has 0 radical (unpaired) electrons. The largest absolute Gasteiger partial charge is 0.367 e. The molecule has 2 aromatic rings. The fourth-order valence-electron chi connectivity index (χ4n) is 4.08. The first-order chi connectivity index (χ1) is 13.3. The van der Waals surface area contributed by atoms with Gasteiger partial charge in [-0.1, -0.05) is 31.7 Å². The zero-order valence-electron chi connectivity index (χ0n) is 16.3. The van der Waals surface area contributed by atoms with Crippen LogP contribution in [-0.4, -0.2) is 47.2 Å². The average molecular weight is 367 g/mol. The molecule has 6 nitrogen and oxygen atoms in total. The minimum absolute atomic E-state index is 0.552. The number of hydrogen-bond acceptors (Lipinski definition) is 6. The third kappa shape index (κ3) is 4.67. The first-order valence-electron chi connectivity index (χ1n) is 10.3. The van der Waals surface area contributed by atoms with Crippen molar-refractivity contribution in [3.8, 4) is 0 Å². The highest BCUT2D eigenvalue weighted by Gasteiger charge is 2.21. The van der Waals surface area contributed by atoms with Gasteiger partial charge < -0.3 is 15.1 Å². The van der Waals surface area contributed by atoms with Crippen molar-refractivity contribution in [2.45, 2.75) is 51.5 Å². The maximum atomic E-state index is 4.85. The minimum atomic E-state index is 0.552. The van der Waals surface area contributed by atoms with Crippen molar-refractivity contribution in [1.82, 2.24) is 15.0 Å². The second-order valence-corrected chi connectivity index (χ2v) is 7.69. The number of piperazine rings is 1. The van der Waals surface area contributed by atoms with Crippen LogP contribution in [0.3, 0.4) is 0 Å². The van der Waals surface area contributed by atoms with E-state index in [2.05, 4.69) is 39.2 Å². The van der Waals surface area contributed by atoms with Crippen molar-refractivity contribution < 1.29 is 0 Å². The lowest BCUT2D eigenvalue weighted by molar-refractivity contribution is 0.614. The fourth-order valence-corrected chi connectivity index (χ4v) is 4.08. The monoisotopic (exact) mass is 366 g/mol. The molecule has 0 bridgehead atoms. The van der Waals surface area contributed by atoms with E-state index in [0.29, 0.717) is 6.04 Å². The van der Waals surface area contributed by atoms with Crippen LogP contribution in [-0.2, 0) is 0 Å². The SMILES string of the molecule is Cc1cc(NC2CCCCCC2)nc(N2CCN(c3ccccn3)CC2)n1. The minimum Gasteiger partial charge on any atom is -0.367 e. The second-order valence-electron chi connectivity index (χ2n) is 7.69. The van der Waals surface area contributed by atoms with Gasteiger partial charge in [0.05, 0.1) is 0 Å². The van der Waals surface area contributed by atoms with Crippen molar-refractivity contribution in [3.63, 3.8) is 0 Å². The highest BCUT2D eigenvalue weighted by Crippen LogP contribution is 2.22. The van der Waals surface area contributed by atoms with Gasteiger partial charge in [0.2, 0.25) is 5.95 Å². The molecule has 2 aromatic heterocycles. The molecule has 1 N–H and O–H groups in total. The summed E-state index contributed by atoms with van der Waals surface area (Å²) in [5.74, 6) is 2.89. The van der Waals surface area contributed by atoms with Crippen LogP contribution in [0.1, 0.15) is 44.2 Å². The summed E-state index contributed by atoms with van der Waals surface area (Å²) in [5, 5.41) is 3.68. The van der Waals surface area contributed by atoms with E-state index < -0.39 is 0 Å². The fraction of sp³-hybridized carbons (Fsp3) is 0.571. The van der Waals surface area contributed by atoms with Gasteiger partial charge in [-0.3, -0.25) is 0 Å². The van der Waals surface area contributed by atoms with Crippen LogP contribution in [0, 0.1) is 6.92 Å². The Morgan fingerprint density at radius 3 is 2.37 bits per heavy atom. The summed E-state index contributed by atoms with van der Waals surface area (Å²) >= 11 is 0. The molecule has 144 valence electrons. The van der Waals surface area contributed by atoms with E-state index in [1.54, 1.807) is 0 Å². The standard InChI is InChI=1S/C21H30N6/c1-17-16-19(24-18-8-4-2-3-5-9-18)25-21(23-17)27-14-12-26(13-15-27)20-10-6-7-11-22-20/h6-7,10-11,16,18H,2-5,8-9,12-15H2,1H3,(H,23,24,25). The smallest absolute Gasteiger partial charge is 0.227 e. The number of hydrogen-bond donors (Lipinski definition) is 1. The molecule has 3 heterocycles. The van der Waals surface area contributed by atoms with E-state index >= 15 is 0 Å². The Kier molecular flexibility index (Phi) is 5.70.